The van der Waals surface area contributed by atoms with Gasteiger partial charge in [-0.1, -0.05) is 12.1 Å². The Labute approximate surface area is 154 Å². The third kappa shape index (κ3) is 4.52. The van der Waals surface area contributed by atoms with Crippen LogP contribution in [0, 0.1) is 5.92 Å². The van der Waals surface area contributed by atoms with Gasteiger partial charge in [0, 0.05) is 19.0 Å². The third-order valence-corrected chi connectivity index (χ3v) is 4.85. The van der Waals surface area contributed by atoms with E-state index in [0.29, 0.717) is 18.3 Å². The molecule has 1 fully saturated rings. The fourth-order valence-electron chi connectivity index (χ4n) is 3.42. The number of amides is 1. The molecule has 0 bridgehead atoms. The number of rotatable bonds is 7. The maximum absolute atomic E-state index is 13.2. The van der Waals surface area contributed by atoms with Crippen molar-refractivity contribution >= 4 is 5.91 Å². The molecule has 1 saturated heterocycles. The molecule has 3 heterocycles. The van der Waals surface area contributed by atoms with Gasteiger partial charge in [0.2, 0.25) is 11.8 Å². The quantitative estimate of drug-likeness (QED) is 0.756. The van der Waals surface area contributed by atoms with Crippen molar-refractivity contribution in [2.24, 2.45) is 5.92 Å². The van der Waals surface area contributed by atoms with Gasteiger partial charge < -0.3 is 13.8 Å². The van der Waals surface area contributed by atoms with Gasteiger partial charge >= 0.3 is 0 Å². The predicted molar refractivity (Wildman–Crippen MR) is 96.1 cm³/mol. The summed E-state index contributed by atoms with van der Waals surface area (Å²) in [5.74, 6) is 2.29. The van der Waals surface area contributed by atoms with E-state index in [2.05, 4.69) is 15.0 Å². The first-order chi connectivity index (χ1) is 12.6. The van der Waals surface area contributed by atoms with Crippen molar-refractivity contribution < 1.29 is 13.7 Å². The number of aryl methyl sites for hydroxylation is 1. The fourth-order valence-corrected chi connectivity index (χ4v) is 3.42. The molecule has 1 unspecified atom stereocenters. The monoisotopic (exact) mass is 360 g/mol. The number of hydrogen-bond donors (Lipinski definition) is 0. The van der Waals surface area contributed by atoms with Crippen LogP contribution < -0.4 is 0 Å². The van der Waals surface area contributed by atoms with Gasteiger partial charge in [-0.05, 0) is 45.4 Å². The number of furan rings is 1. The molecule has 0 radical (unpaired) electrons. The summed E-state index contributed by atoms with van der Waals surface area (Å²) in [6.45, 7) is 8.91. The SMILES string of the molecule is CCc1noc(CN(C(=O)C2CCCN(Cc3ccco3)C2)C(C)C)n1. The summed E-state index contributed by atoms with van der Waals surface area (Å²) < 4.78 is 10.7. The lowest BCUT2D eigenvalue weighted by Gasteiger charge is -2.35. The molecule has 1 amide bonds. The van der Waals surface area contributed by atoms with Gasteiger partial charge in [-0.15, -0.1) is 0 Å². The summed E-state index contributed by atoms with van der Waals surface area (Å²) in [6, 6.07) is 3.96. The second-order valence-electron chi connectivity index (χ2n) is 7.17. The topological polar surface area (TPSA) is 75.6 Å². The maximum Gasteiger partial charge on any atom is 0.246 e. The van der Waals surface area contributed by atoms with Crippen LogP contribution in [0.3, 0.4) is 0 Å². The fraction of sp³-hybridized carbons (Fsp3) is 0.632. The first-order valence-corrected chi connectivity index (χ1v) is 9.43. The average molecular weight is 360 g/mol. The zero-order valence-electron chi connectivity index (χ0n) is 15.9. The summed E-state index contributed by atoms with van der Waals surface area (Å²) in [4.78, 5) is 21.7. The molecule has 0 spiro atoms. The second-order valence-corrected chi connectivity index (χ2v) is 7.17. The van der Waals surface area contributed by atoms with E-state index in [4.69, 9.17) is 8.94 Å². The van der Waals surface area contributed by atoms with Gasteiger partial charge in [0.25, 0.3) is 0 Å². The summed E-state index contributed by atoms with van der Waals surface area (Å²) in [5, 5.41) is 3.93. The molecule has 0 saturated carbocycles. The van der Waals surface area contributed by atoms with Crippen molar-refractivity contribution in [2.75, 3.05) is 13.1 Å². The van der Waals surface area contributed by atoms with Gasteiger partial charge in [0.05, 0.1) is 18.7 Å². The Kier molecular flexibility index (Phi) is 6.08. The lowest BCUT2D eigenvalue weighted by Crippen LogP contribution is -2.46. The number of aromatic nitrogens is 2. The molecule has 1 atom stereocenters. The largest absolute Gasteiger partial charge is 0.468 e. The number of likely N-dealkylation sites (tertiary alicyclic amines) is 1. The van der Waals surface area contributed by atoms with E-state index in [1.54, 1.807) is 6.26 Å². The zero-order valence-corrected chi connectivity index (χ0v) is 15.9. The Morgan fingerprint density at radius 2 is 2.31 bits per heavy atom. The Morgan fingerprint density at radius 1 is 1.46 bits per heavy atom. The molecule has 142 valence electrons. The van der Waals surface area contributed by atoms with Crippen molar-refractivity contribution in [3.05, 3.63) is 35.9 Å². The van der Waals surface area contributed by atoms with Gasteiger partial charge in [0.1, 0.15) is 12.3 Å². The molecule has 2 aromatic rings. The van der Waals surface area contributed by atoms with Crippen LogP contribution >= 0.6 is 0 Å². The highest BCUT2D eigenvalue weighted by Crippen LogP contribution is 2.22. The number of carbonyl (C=O) groups excluding carboxylic acids is 1. The Morgan fingerprint density at radius 3 is 2.96 bits per heavy atom. The van der Waals surface area contributed by atoms with Crippen LogP contribution in [-0.4, -0.2) is 45.0 Å². The van der Waals surface area contributed by atoms with E-state index in [1.165, 1.54) is 0 Å². The van der Waals surface area contributed by atoms with Crippen LogP contribution in [0.2, 0.25) is 0 Å². The first-order valence-electron chi connectivity index (χ1n) is 9.43. The van der Waals surface area contributed by atoms with Gasteiger partial charge in [0.15, 0.2) is 5.82 Å². The summed E-state index contributed by atoms with van der Waals surface area (Å²) in [6.07, 6.45) is 4.35. The van der Waals surface area contributed by atoms with E-state index in [0.717, 1.165) is 44.7 Å². The van der Waals surface area contributed by atoms with E-state index >= 15 is 0 Å². The van der Waals surface area contributed by atoms with Gasteiger partial charge in [-0.25, -0.2) is 0 Å². The molecule has 2 aromatic heterocycles. The highest BCUT2D eigenvalue weighted by molar-refractivity contribution is 5.79. The van der Waals surface area contributed by atoms with Crippen LogP contribution in [-0.2, 0) is 24.3 Å². The van der Waals surface area contributed by atoms with E-state index < -0.39 is 0 Å². The van der Waals surface area contributed by atoms with Crippen LogP contribution in [0.25, 0.3) is 0 Å². The summed E-state index contributed by atoms with van der Waals surface area (Å²) in [5.41, 5.74) is 0. The summed E-state index contributed by atoms with van der Waals surface area (Å²) in [7, 11) is 0. The highest BCUT2D eigenvalue weighted by atomic mass is 16.5. The minimum Gasteiger partial charge on any atom is -0.468 e. The number of hydrogen-bond acceptors (Lipinski definition) is 6. The number of piperidine rings is 1. The van der Waals surface area contributed by atoms with Gasteiger partial charge in [-0.2, -0.15) is 4.98 Å². The molecule has 0 N–H and O–H groups in total. The van der Waals surface area contributed by atoms with Gasteiger partial charge in [-0.3, -0.25) is 9.69 Å². The molecule has 1 aliphatic rings. The number of carbonyl (C=O) groups is 1. The van der Waals surface area contributed by atoms with E-state index in [1.807, 2.05) is 37.8 Å². The third-order valence-electron chi connectivity index (χ3n) is 4.85. The van der Waals surface area contributed by atoms with Crippen molar-refractivity contribution in [1.29, 1.82) is 0 Å². The normalized spacial score (nSPS) is 18.4. The molecular weight excluding hydrogens is 332 g/mol. The first kappa shape index (κ1) is 18.6. The van der Waals surface area contributed by atoms with Crippen molar-refractivity contribution in [2.45, 2.75) is 59.2 Å². The van der Waals surface area contributed by atoms with Crippen LogP contribution in [0.1, 0.15) is 51.1 Å². The van der Waals surface area contributed by atoms with Crippen LogP contribution in [0.4, 0.5) is 0 Å². The van der Waals surface area contributed by atoms with Crippen molar-refractivity contribution in [3.63, 3.8) is 0 Å². The zero-order chi connectivity index (χ0) is 18.5. The van der Waals surface area contributed by atoms with E-state index in [-0.39, 0.29) is 17.9 Å². The second kappa shape index (κ2) is 8.49. The van der Waals surface area contributed by atoms with Crippen LogP contribution in [0.5, 0.6) is 0 Å². The Balaban J connectivity index is 1.63. The van der Waals surface area contributed by atoms with Crippen molar-refractivity contribution in [3.8, 4) is 0 Å². The molecule has 3 rings (SSSR count). The lowest BCUT2D eigenvalue weighted by molar-refractivity contribution is -0.140. The highest BCUT2D eigenvalue weighted by Gasteiger charge is 2.31. The minimum absolute atomic E-state index is 0.00493. The smallest absolute Gasteiger partial charge is 0.246 e. The Hall–Kier alpha value is -2.15. The maximum atomic E-state index is 13.2. The molecule has 26 heavy (non-hydrogen) atoms. The van der Waals surface area contributed by atoms with Crippen LogP contribution in [0.15, 0.2) is 27.3 Å². The molecule has 7 heteroatoms. The molecular formula is C19H28N4O3. The molecule has 1 aliphatic heterocycles. The number of nitrogens with zero attached hydrogens (tertiary/aromatic N) is 4. The molecule has 0 aliphatic carbocycles. The van der Waals surface area contributed by atoms with Crippen molar-refractivity contribution in [1.82, 2.24) is 19.9 Å². The standard InChI is InChI=1S/C19H28N4O3/c1-4-17-20-18(26-21-17)13-23(14(2)3)19(24)15-7-5-9-22(11-15)12-16-8-6-10-25-16/h6,8,10,14-15H,4-5,7,9,11-13H2,1-3H3. The summed E-state index contributed by atoms with van der Waals surface area (Å²) >= 11 is 0. The van der Waals surface area contributed by atoms with E-state index in [9.17, 15) is 4.79 Å². The minimum atomic E-state index is -0.00493. The lowest BCUT2D eigenvalue weighted by atomic mass is 9.95. The molecule has 7 nitrogen and oxygen atoms in total. The Bertz CT molecular complexity index is 695. The predicted octanol–water partition coefficient (Wildman–Crippen LogP) is 2.87. The molecule has 0 aromatic carbocycles. The average Bonchev–Trinajstić information content (AvgIpc) is 3.30.